The van der Waals surface area contributed by atoms with Crippen LogP contribution in [0.4, 0.5) is 0 Å². The standard InChI is InChI=1S/C22H27ClN4O/c1-3-25-21(26-14-16-6-4-7-17(12-16)20(28)24-2)27-15-22(10-11-22)18-8-5-9-19(23)13-18/h4-9,12-13H,3,10-11,14-15H2,1-2H3,(H,24,28)(H2,25,26,27). The molecule has 3 N–H and O–H groups in total. The van der Waals surface area contributed by atoms with Crippen molar-refractivity contribution in [2.45, 2.75) is 31.7 Å². The first kappa shape index (κ1) is 20.2. The Hall–Kier alpha value is -2.53. The molecule has 0 atom stereocenters. The lowest BCUT2D eigenvalue weighted by molar-refractivity contribution is 0.0963. The van der Waals surface area contributed by atoms with Gasteiger partial charge in [-0.3, -0.25) is 4.79 Å². The van der Waals surface area contributed by atoms with Gasteiger partial charge in [-0.1, -0.05) is 35.9 Å². The van der Waals surface area contributed by atoms with Crippen LogP contribution in [0.25, 0.3) is 0 Å². The first-order valence-electron chi connectivity index (χ1n) is 9.65. The van der Waals surface area contributed by atoms with Crippen LogP contribution in [0.2, 0.25) is 5.02 Å². The highest BCUT2D eigenvalue weighted by atomic mass is 35.5. The number of carbonyl (C=O) groups excluding carboxylic acids is 1. The predicted octanol–water partition coefficient (Wildman–Crippen LogP) is 3.49. The molecule has 1 aliphatic rings. The Bertz CT molecular complexity index is 861. The molecule has 0 heterocycles. The molecular weight excluding hydrogens is 372 g/mol. The second-order valence-electron chi connectivity index (χ2n) is 7.12. The maximum atomic E-state index is 11.8. The summed E-state index contributed by atoms with van der Waals surface area (Å²) < 4.78 is 0. The molecule has 148 valence electrons. The van der Waals surface area contributed by atoms with Gasteiger partial charge in [-0.05, 0) is 55.2 Å². The van der Waals surface area contributed by atoms with Crippen molar-refractivity contribution in [1.29, 1.82) is 0 Å². The van der Waals surface area contributed by atoms with Crippen molar-refractivity contribution in [2.24, 2.45) is 4.99 Å². The van der Waals surface area contributed by atoms with Gasteiger partial charge in [-0.25, -0.2) is 4.99 Å². The number of nitrogens with one attached hydrogen (secondary N) is 3. The van der Waals surface area contributed by atoms with Crippen molar-refractivity contribution in [3.8, 4) is 0 Å². The van der Waals surface area contributed by atoms with Gasteiger partial charge in [0, 0.05) is 36.1 Å². The van der Waals surface area contributed by atoms with Crippen molar-refractivity contribution >= 4 is 23.5 Å². The summed E-state index contributed by atoms with van der Waals surface area (Å²) in [7, 11) is 1.63. The largest absolute Gasteiger partial charge is 0.357 e. The number of nitrogens with zero attached hydrogens (tertiary/aromatic N) is 1. The van der Waals surface area contributed by atoms with E-state index in [0.717, 1.165) is 42.5 Å². The number of hydrogen-bond acceptors (Lipinski definition) is 2. The Morgan fingerprint density at radius 3 is 2.61 bits per heavy atom. The molecule has 0 radical (unpaired) electrons. The van der Waals surface area contributed by atoms with Crippen LogP contribution in [0.1, 0.15) is 41.3 Å². The summed E-state index contributed by atoms with van der Waals surface area (Å²) in [6.45, 7) is 4.16. The molecule has 2 aromatic carbocycles. The molecule has 1 aliphatic carbocycles. The van der Waals surface area contributed by atoms with Crippen LogP contribution in [-0.4, -0.2) is 32.0 Å². The van der Waals surface area contributed by atoms with Gasteiger partial charge in [-0.2, -0.15) is 0 Å². The third kappa shape index (κ3) is 5.04. The third-order valence-corrected chi connectivity index (χ3v) is 5.30. The zero-order valence-electron chi connectivity index (χ0n) is 16.4. The number of aliphatic imine (C=N–C) groups is 1. The van der Waals surface area contributed by atoms with E-state index >= 15 is 0 Å². The lowest BCUT2D eigenvalue weighted by Gasteiger charge is -2.19. The van der Waals surface area contributed by atoms with Gasteiger partial charge in [0.2, 0.25) is 0 Å². The fourth-order valence-electron chi connectivity index (χ4n) is 3.26. The third-order valence-electron chi connectivity index (χ3n) is 5.06. The van der Waals surface area contributed by atoms with E-state index in [1.165, 1.54) is 5.56 Å². The normalized spacial score (nSPS) is 15.0. The Morgan fingerprint density at radius 1 is 1.14 bits per heavy atom. The van der Waals surface area contributed by atoms with Gasteiger partial charge in [0.15, 0.2) is 5.96 Å². The molecular formula is C22H27ClN4O. The Balaban J connectivity index is 1.66. The first-order valence-corrected chi connectivity index (χ1v) is 10.0. The van der Waals surface area contributed by atoms with Crippen molar-refractivity contribution in [3.05, 3.63) is 70.2 Å². The van der Waals surface area contributed by atoms with Crippen molar-refractivity contribution in [1.82, 2.24) is 16.0 Å². The minimum Gasteiger partial charge on any atom is -0.357 e. The van der Waals surface area contributed by atoms with Gasteiger partial charge in [0.05, 0.1) is 6.54 Å². The molecule has 0 aromatic heterocycles. The molecule has 0 aliphatic heterocycles. The van der Waals surface area contributed by atoms with Gasteiger partial charge in [0.1, 0.15) is 0 Å². The van der Waals surface area contributed by atoms with E-state index in [0.29, 0.717) is 12.1 Å². The average molecular weight is 399 g/mol. The van der Waals surface area contributed by atoms with Crippen molar-refractivity contribution in [3.63, 3.8) is 0 Å². The summed E-state index contributed by atoms with van der Waals surface area (Å²) in [6, 6.07) is 15.7. The molecule has 28 heavy (non-hydrogen) atoms. The van der Waals surface area contributed by atoms with Crippen LogP contribution in [0.5, 0.6) is 0 Å². The smallest absolute Gasteiger partial charge is 0.251 e. The topological polar surface area (TPSA) is 65.5 Å². The zero-order chi connectivity index (χ0) is 20.0. The lowest BCUT2D eigenvalue weighted by atomic mass is 9.96. The van der Waals surface area contributed by atoms with Gasteiger partial charge in [0.25, 0.3) is 5.91 Å². The number of rotatable bonds is 7. The van der Waals surface area contributed by atoms with E-state index < -0.39 is 0 Å². The number of halogens is 1. The lowest BCUT2D eigenvalue weighted by Crippen LogP contribution is -2.41. The highest BCUT2D eigenvalue weighted by Crippen LogP contribution is 2.48. The minimum atomic E-state index is -0.0898. The van der Waals surface area contributed by atoms with E-state index in [2.05, 4.69) is 33.1 Å². The summed E-state index contributed by atoms with van der Waals surface area (Å²) >= 11 is 6.17. The molecule has 3 rings (SSSR count). The van der Waals surface area contributed by atoms with Gasteiger partial charge >= 0.3 is 0 Å². The second kappa shape index (κ2) is 9.11. The van der Waals surface area contributed by atoms with E-state index in [4.69, 9.17) is 11.6 Å². The second-order valence-corrected chi connectivity index (χ2v) is 7.56. The maximum Gasteiger partial charge on any atom is 0.251 e. The molecule has 1 fully saturated rings. The minimum absolute atomic E-state index is 0.0898. The molecule has 1 amide bonds. The summed E-state index contributed by atoms with van der Waals surface area (Å²) in [5.41, 5.74) is 3.06. The predicted molar refractivity (Wildman–Crippen MR) is 115 cm³/mol. The number of carbonyl (C=O) groups is 1. The Labute approximate surface area is 171 Å². The average Bonchev–Trinajstić information content (AvgIpc) is 3.51. The molecule has 0 saturated heterocycles. The molecule has 1 saturated carbocycles. The molecule has 0 spiro atoms. The summed E-state index contributed by atoms with van der Waals surface area (Å²) in [6.07, 6.45) is 2.29. The van der Waals surface area contributed by atoms with E-state index in [9.17, 15) is 4.79 Å². The van der Waals surface area contributed by atoms with Crippen LogP contribution < -0.4 is 16.0 Å². The van der Waals surface area contributed by atoms with Crippen LogP contribution in [-0.2, 0) is 12.0 Å². The van der Waals surface area contributed by atoms with Crippen LogP contribution >= 0.6 is 11.6 Å². The summed E-state index contributed by atoms with van der Waals surface area (Å²) in [4.78, 5) is 16.5. The van der Waals surface area contributed by atoms with E-state index in [1.54, 1.807) is 13.1 Å². The fourth-order valence-corrected chi connectivity index (χ4v) is 3.45. The van der Waals surface area contributed by atoms with Crippen LogP contribution in [0.3, 0.4) is 0 Å². The van der Waals surface area contributed by atoms with Crippen LogP contribution in [0, 0.1) is 0 Å². The fraction of sp³-hybridized carbons (Fsp3) is 0.364. The first-order chi connectivity index (χ1) is 13.6. The van der Waals surface area contributed by atoms with Gasteiger partial charge in [-0.15, -0.1) is 0 Å². The van der Waals surface area contributed by atoms with Gasteiger partial charge < -0.3 is 16.0 Å². The SMILES string of the molecule is CCNC(=NCc1cccc(C(=O)NC)c1)NCC1(c2cccc(Cl)c2)CC1. The molecule has 6 heteroatoms. The Kier molecular flexibility index (Phi) is 6.57. The van der Waals surface area contributed by atoms with E-state index in [1.807, 2.05) is 37.3 Å². The molecule has 0 bridgehead atoms. The number of benzene rings is 2. The monoisotopic (exact) mass is 398 g/mol. The van der Waals surface area contributed by atoms with E-state index in [-0.39, 0.29) is 11.3 Å². The summed E-state index contributed by atoms with van der Waals surface area (Å²) in [5.74, 6) is 0.689. The number of guanidine groups is 1. The van der Waals surface area contributed by atoms with Crippen molar-refractivity contribution < 1.29 is 4.79 Å². The number of hydrogen-bond donors (Lipinski definition) is 3. The van der Waals surface area contributed by atoms with Crippen LogP contribution in [0.15, 0.2) is 53.5 Å². The zero-order valence-corrected chi connectivity index (χ0v) is 17.1. The highest BCUT2D eigenvalue weighted by Gasteiger charge is 2.44. The molecule has 5 nitrogen and oxygen atoms in total. The quantitative estimate of drug-likeness (QED) is 0.494. The maximum absolute atomic E-state index is 11.8. The molecule has 0 unspecified atom stereocenters. The Morgan fingerprint density at radius 2 is 1.93 bits per heavy atom. The molecule has 2 aromatic rings. The van der Waals surface area contributed by atoms with Crippen molar-refractivity contribution in [2.75, 3.05) is 20.1 Å². The highest BCUT2D eigenvalue weighted by molar-refractivity contribution is 6.30. The number of amides is 1. The summed E-state index contributed by atoms with van der Waals surface area (Å²) in [5, 5.41) is 10.2.